The second-order valence-electron chi connectivity index (χ2n) is 2.08. The summed E-state index contributed by atoms with van der Waals surface area (Å²) in [5, 5.41) is 10.7. The van der Waals surface area contributed by atoms with E-state index in [1.807, 2.05) is 6.07 Å². The van der Waals surface area contributed by atoms with Gasteiger partial charge in [0.15, 0.2) is 0 Å². The standard InChI is InChI=1S/C6H10F2N2/c1-5(2-9)3-10-4-6(7)8/h5-6,10H,3-4H2,1H3. The lowest BCUT2D eigenvalue weighted by atomic mass is 10.2. The molecule has 1 unspecified atom stereocenters. The molecule has 0 aliphatic heterocycles. The Bertz CT molecular complexity index is 119. The summed E-state index contributed by atoms with van der Waals surface area (Å²) < 4.78 is 22.9. The van der Waals surface area contributed by atoms with Gasteiger partial charge in [-0.1, -0.05) is 0 Å². The quantitative estimate of drug-likeness (QED) is 0.645. The van der Waals surface area contributed by atoms with Crippen molar-refractivity contribution in [1.82, 2.24) is 5.32 Å². The van der Waals surface area contributed by atoms with Crippen molar-refractivity contribution in [2.24, 2.45) is 5.92 Å². The Hall–Kier alpha value is -0.690. The maximum Gasteiger partial charge on any atom is 0.250 e. The van der Waals surface area contributed by atoms with E-state index in [9.17, 15) is 8.78 Å². The fourth-order valence-electron chi connectivity index (χ4n) is 0.455. The van der Waals surface area contributed by atoms with E-state index in [0.29, 0.717) is 6.54 Å². The van der Waals surface area contributed by atoms with Gasteiger partial charge in [-0.25, -0.2) is 8.78 Å². The number of nitrogens with zero attached hydrogens (tertiary/aromatic N) is 1. The zero-order chi connectivity index (χ0) is 7.98. The molecule has 10 heavy (non-hydrogen) atoms. The number of alkyl halides is 2. The molecule has 2 nitrogen and oxygen atoms in total. The summed E-state index contributed by atoms with van der Waals surface area (Å²) in [6.07, 6.45) is -2.33. The molecule has 0 aliphatic carbocycles. The van der Waals surface area contributed by atoms with Crippen molar-refractivity contribution < 1.29 is 8.78 Å². The van der Waals surface area contributed by atoms with E-state index < -0.39 is 6.43 Å². The minimum absolute atomic E-state index is 0.196. The number of nitriles is 1. The summed E-state index contributed by atoms with van der Waals surface area (Å²) in [5.41, 5.74) is 0. The second-order valence-corrected chi connectivity index (χ2v) is 2.08. The maximum absolute atomic E-state index is 11.4. The van der Waals surface area contributed by atoms with Crippen molar-refractivity contribution in [3.8, 4) is 6.07 Å². The third-order valence-electron chi connectivity index (χ3n) is 0.970. The zero-order valence-electron chi connectivity index (χ0n) is 5.77. The van der Waals surface area contributed by atoms with Crippen LogP contribution in [0.5, 0.6) is 0 Å². The lowest BCUT2D eigenvalue weighted by Crippen LogP contribution is -2.25. The second kappa shape index (κ2) is 5.12. The van der Waals surface area contributed by atoms with Gasteiger partial charge in [-0.05, 0) is 6.92 Å². The van der Waals surface area contributed by atoms with Gasteiger partial charge in [0.05, 0.1) is 18.5 Å². The average Bonchev–Trinajstić information content (AvgIpc) is 1.87. The van der Waals surface area contributed by atoms with Gasteiger partial charge in [-0.3, -0.25) is 0 Å². The van der Waals surface area contributed by atoms with Crippen molar-refractivity contribution in [3.05, 3.63) is 0 Å². The van der Waals surface area contributed by atoms with Gasteiger partial charge in [-0.15, -0.1) is 0 Å². The lowest BCUT2D eigenvalue weighted by Gasteiger charge is -2.03. The molecule has 1 N–H and O–H groups in total. The molecule has 1 atom stereocenters. The number of rotatable bonds is 4. The first-order valence-corrected chi connectivity index (χ1v) is 3.05. The van der Waals surface area contributed by atoms with E-state index in [1.54, 1.807) is 6.92 Å². The van der Waals surface area contributed by atoms with Crippen LogP contribution < -0.4 is 5.32 Å². The summed E-state index contributed by atoms with van der Waals surface area (Å²) >= 11 is 0. The lowest BCUT2D eigenvalue weighted by molar-refractivity contribution is 0.145. The Morgan fingerprint density at radius 3 is 2.50 bits per heavy atom. The number of nitrogens with one attached hydrogen (secondary N) is 1. The van der Waals surface area contributed by atoms with Crippen LogP contribution in [0.2, 0.25) is 0 Å². The first kappa shape index (κ1) is 9.31. The monoisotopic (exact) mass is 148 g/mol. The molecule has 0 aromatic heterocycles. The average molecular weight is 148 g/mol. The minimum Gasteiger partial charge on any atom is -0.310 e. The van der Waals surface area contributed by atoms with E-state index in [4.69, 9.17) is 5.26 Å². The van der Waals surface area contributed by atoms with Crippen molar-refractivity contribution >= 4 is 0 Å². The third kappa shape index (κ3) is 5.45. The Morgan fingerprint density at radius 1 is 1.50 bits per heavy atom. The molecule has 0 aliphatic rings. The fraction of sp³-hybridized carbons (Fsp3) is 0.833. The van der Waals surface area contributed by atoms with E-state index in [2.05, 4.69) is 5.32 Å². The molecule has 0 rings (SSSR count). The molecule has 58 valence electrons. The molecule has 0 heterocycles. The largest absolute Gasteiger partial charge is 0.310 e. The van der Waals surface area contributed by atoms with E-state index >= 15 is 0 Å². The van der Waals surface area contributed by atoms with Crippen LogP contribution >= 0.6 is 0 Å². The van der Waals surface area contributed by atoms with Crippen LogP contribution in [-0.4, -0.2) is 19.5 Å². The van der Waals surface area contributed by atoms with Gasteiger partial charge in [0.25, 0.3) is 6.43 Å². The van der Waals surface area contributed by atoms with Crippen molar-refractivity contribution in [1.29, 1.82) is 5.26 Å². The smallest absolute Gasteiger partial charge is 0.250 e. The van der Waals surface area contributed by atoms with E-state index in [1.165, 1.54) is 0 Å². The molecule has 0 fully saturated rings. The van der Waals surface area contributed by atoms with Gasteiger partial charge in [0.2, 0.25) is 0 Å². The van der Waals surface area contributed by atoms with E-state index in [0.717, 1.165) is 0 Å². The SMILES string of the molecule is CC(C#N)CNCC(F)F. The molecule has 0 amide bonds. The highest BCUT2D eigenvalue weighted by atomic mass is 19.3. The van der Waals surface area contributed by atoms with Crippen LogP contribution in [0.4, 0.5) is 8.78 Å². The van der Waals surface area contributed by atoms with Crippen LogP contribution in [0.25, 0.3) is 0 Å². The highest BCUT2D eigenvalue weighted by Crippen LogP contribution is 1.90. The molecule has 0 aromatic rings. The van der Waals surface area contributed by atoms with E-state index in [-0.39, 0.29) is 12.5 Å². The third-order valence-corrected chi connectivity index (χ3v) is 0.970. The number of halogens is 2. The summed E-state index contributed by atoms with van der Waals surface area (Å²) in [4.78, 5) is 0. The Balaban J connectivity index is 3.13. The summed E-state index contributed by atoms with van der Waals surface area (Å²) in [7, 11) is 0. The molecular formula is C6H10F2N2. The van der Waals surface area contributed by atoms with Crippen LogP contribution in [0.15, 0.2) is 0 Å². The zero-order valence-corrected chi connectivity index (χ0v) is 5.77. The van der Waals surface area contributed by atoms with Gasteiger partial charge < -0.3 is 5.32 Å². The molecule has 0 spiro atoms. The first-order chi connectivity index (χ1) is 4.66. The molecule has 0 bridgehead atoms. The van der Waals surface area contributed by atoms with Gasteiger partial charge in [-0.2, -0.15) is 5.26 Å². The summed E-state index contributed by atoms with van der Waals surface area (Å²) in [5.74, 6) is -0.196. The van der Waals surface area contributed by atoms with Crippen molar-refractivity contribution in [2.75, 3.05) is 13.1 Å². The van der Waals surface area contributed by atoms with Crippen molar-refractivity contribution in [2.45, 2.75) is 13.3 Å². The molecule has 0 saturated heterocycles. The predicted octanol–water partition coefficient (Wildman–Crippen LogP) is 1.00. The summed E-state index contributed by atoms with van der Waals surface area (Å²) in [6, 6.07) is 1.93. The minimum atomic E-state index is -2.33. The highest BCUT2D eigenvalue weighted by Gasteiger charge is 2.02. The summed E-state index contributed by atoms with van der Waals surface area (Å²) in [6.45, 7) is 1.69. The Labute approximate surface area is 58.8 Å². The molecule has 0 aromatic carbocycles. The van der Waals surface area contributed by atoms with Crippen LogP contribution in [-0.2, 0) is 0 Å². The highest BCUT2D eigenvalue weighted by molar-refractivity contribution is 4.79. The fourth-order valence-corrected chi connectivity index (χ4v) is 0.455. The van der Waals surface area contributed by atoms with Gasteiger partial charge in [0, 0.05) is 6.54 Å². The van der Waals surface area contributed by atoms with Crippen LogP contribution in [0.1, 0.15) is 6.92 Å². The molecular weight excluding hydrogens is 138 g/mol. The predicted molar refractivity (Wildman–Crippen MR) is 33.7 cm³/mol. The molecule has 4 heteroatoms. The van der Waals surface area contributed by atoms with Gasteiger partial charge in [0.1, 0.15) is 0 Å². The Morgan fingerprint density at radius 2 is 2.10 bits per heavy atom. The Kier molecular flexibility index (Phi) is 4.77. The van der Waals surface area contributed by atoms with Gasteiger partial charge >= 0.3 is 0 Å². The van der Waals surface area contributed by atoms with Crippen LogP contribution in [0.3, 0.4) is 0 Å². The number of hydrogen-bond donors (Lipinski definition) is 1. The molecule has 0 saturated carbocycles. The van der Waals surface area contributed by atoms with Crippen molar-refractivity contribution in [3.63, 3.8) is 0 Å². The number of hydrogen-bond acceptors (Lipinski definition) is 2. The normalized spacial score (nSPS) is 13.1. The van der Waals surface area contributed by atoms with Crippen LogP contribution in [0, 0.1) is 17.2 Å². The maximum atomic E-state index is 11.4. The molecule has 0 radical (unpaired) electrons. The topological polar surface area (TPSA) is 35.8 Å². The first-order valence-electron chi connectivity index (χ1n) is 3.05.